The summed E-state index contributed by atoms with van der Waals surface area (Å²) in [6.07, 6.45) is 0.0356. The van der Waals surface area contributed by atoms with Crippen LogP contribution in [0.3, 0.4) is 0 Å². The number of nitrogens with zero attached hydrogens (tertiary/aromatic N) is 3. The minimum atomic E-state index is -0.533. The van der Waals surface area contributed by atoms with Gasteiger partial charge in [-0.2, -0.15) is 5.26 Å². The van der Waals surface area contributed by atoms with Crippen LogP contribution in [0.25, 0.3) is 0 Å². The molecule has 1 aromatic heterocycles. The standard InChI is InChI=1S/C15H16N4O/c1-11(14(20)9-12-5-3-2-4-6-12)17-15-8-7-13(10-16)18-19-15/h2-8,11,14,20H,9H2,1H3,(H,17,19). The Morgan fingerprint density at radius 3 is 2.55 bits per heavy atom. The average molecular weight is 268 g/mol. The second kappa shape index (κ2) is 6.64. The fourth-order valence-electron chi connectivity index (χ4n) is 1.83. The molecule has 0 bridgehead atoms. The van der Waals surface area contributed by atoms with Crippen molar-refractivity contribution in [2.24, 2.45) is 0 Å². The van der Waals surface area contributed by atoms with Gasteiger partial charge in [0.05, 0.1) is 12.1 Å². The minimum absolute atomic E-state index is 0.169. The second-order valence-electron chi connectivity index (χ2n) is 4.61. The Kier molecular flexibility index (Phi) is 4.64. The molecule has 0 amide bonds. The number of hydrogen-bond acceptors (Lipinski definition) is 5. The van der Waals surface area contributed by atoms with Crippen LogP contribution in [0.4, 0.5) is 5.82 Å². The molecule has 2 unspecified atom stereocenters. The van der Waals surface area contributed by atoms with E-state index in [1.165, 1.54) is 0 Å². The van der Waals surface area contributed by atoms with E-state index in [9.17, 15) is 5.11 Å². The lowest BCUT2D eigenvalue weighted by molar-refractivity contribution is 0.158. The van der Waals surface area contributed by atoms with Crippen molar-refractivity contribution in [1.29, 1.82) is 5.26 Å². The topological polar surface area (TPSA) is 81.8 Å². The van der Waals surface area contributed by atoms with Crippen LogP contribution in [-0.4, -0.2) is 27.4 Å². The average Bonchev–Trinajstić information content (AvgIpc) is 2.49. The number of aliphatic hydroxyl groups excluding tert-OH is 1. The normalized spacial score (nSPS) is 13.2. The predicted molar refractivity (Wildman–Crippen MR) is 76.0 cm³/mol. The molecule has 0 radical (unpaired) electrons. The van der Waals surface area contributed by atoms with Crippen molar-refractivity contribution in [2.75, 3.05) is 5.32 Å². The Hall–Kier alpha value is -2.45. The molecule has 0 saturated carbocycles. The van der Waals surface area contributed by atoms with Crippen molar-refractivity contribution in [3.05, 3.63) is 53.7 Å². The maximum absolute atomic E-state index is 10.2. The van der Waals surface area contributed by atoms with E-state index in [2.05, 4.69) is 15.5 Å². The molecule has 0 aliphatic heterocycles. The van der Waals surface area contributed by atoms with Crippen LogP contribution in [0.1, 0.15) is 18.2 Å². The third-order valence-corrected chi connectivity index (χ3v) is 3.02. The molecule has 0 saturated heterocycles. The van der Waals surface area contributed by atoms with E-state index in [4.69, 9.17) is 5.26 Å². The molecule has 1 heterocycles. The molecular weight excluding hydrogens is 252 g/mol. The van der Waals surface area contributed by atoms with Gasteiger partial charge < -0.3 is 10.4 Å². The lowest BCUT2D eigenvalue weighted by Crippen LogP contribution is -2.32. The van der Waals surface area contributed by atoms with Crippen LogP contribution < -0.4 is 5.32 Å². The van der Waals surface area contributed by atoms with Crippen LogP contribution >= 0.6 is 0 Å². The molecule has 102 valence electrons. The van der Waals surface area contributed by atoms with Gasteiger partial charge in [0, 0.05) is 6.42 Å². The van der Waals surface area contributed by atoms with E-state index in [1.54, 1.807) is 12.1 Å². The van der Waals surface area contributed by atoms with E-state index < -0.39 is 6.10 Å². The maximum atomic E-state index is 10.2. The second-order valence-corrected chi connectivity index (χ2v) is 4.61. The van der Waals surface area contributed by atoms with Crippen molar-refractivity contribution in [3.63, 3.8) is 0 Å². The summed E-state index contributed by atoms with van der Waals surface area (Å²) in [7, 11) is 0. The van der Waals surface area contributed by atoms with Gasteiger partial charge in [0.1, 0.15) is 11.9 Å². The van der Waals surface area contributed by atoms with Gasteiger partial charge in [0.25, 0.3) is 0 Å². The summed E-state index contributed by atoms with van der Waals surface area (Å²) < 4.78 is 0. The summed E-state index contributed by atoms with van der Waals surface area (Å²) in [6.45, 7) is 1.88. The van der Waals surface area contributed by atoms with Gasteiger partial charge in [-0.25, -0.2) is 0 Å². The largest absolute Gasteiger partial charge is 0.391 e. The zero-order valence-corrected chi connectivity index (χ0v) is 11.2. The van der Waals surface area contributed by atoms with Gasteiger partial charge in [-0.1, -0.05) is 30.3 Å². The summed E-state index contributed by atoms with van der Waals surface area (Å²) >= 11 is 0. The summed E-state index contributed by atoms with van der Waals surface area (Å²) in [5, 5.41) is 29.5. The highest BCUT2D eigenvalue weighted by atomic mass is 16.3. The van der Waals surface area contributed by atoms with Crippen molar-refractivity contribution in [1.82, 2.24) is 10.2 Å². The molecule has 0 aliphatic rings. The predicted octanol–water partition coefficient (Wildman–Crippen LogP) is 1.75. The number of hydrogen-bond donors (Lipinski definition) is 2. The number of anilines is 1. The van der Waals surface area contributed by atoms with Gasteiger partial charge in [-0.15, -0.1) is 10.2 Å². The van der Waals surface area contributed by atoms with Crippen molar-refractivity contribution < 1.29 is 5.11 Å². The maximum Gasteiger partial charge on any atom is 0.163 e. The molecular formula is C15H16N4O. The first-order valence-corrected chi connectivity index (χ1v) is 6.41. The highest BCUT2D eigenvalue weighted by Gasteiger charge is 2.15. The molecule has 5 heteroatoms. The molecule has 0 aliphatic carbocycles. The summed E-state index contributed by atoms with van der Waals surface area (Å²) in [4.78, 5) is 0. The monoisotopic (exact) mass is 268 g/mol. The third-order valence-electron chi connectivity index (χ3n) is 3.02. The van der Waals surface area contributed by atoms with Crippen LogP contribution in [0, 0.1) is 11.3 Å². The van der Waals surface area contributed by atoms with Crippen molar-refractivity contribution in [2.45, 2.75) is 25.5 Å². The Morgan fingerprint density at radius 2 is 1.95 bits per heavy atom. The van der Waals surface area contributed by atoms with Crippen LogP contribution in [-0.2, 0) is 6.42 Å². The summed E-state index contributed by atoms with van der Waals surface area (Å²) in [6, 6.07) is 14.8. The van der Waals surface area contributed by atoms with Gasteiger partial charge in [0.15, 0.2) is 5.69 Å². The van der Waals surface area contributed by atoms with Crippen LogP contribution in [0.15, 0.2) is 42.5 Å². The first kappa shape index (κ1) is 14.0. The van der Waals surface area contributed by atoms with Crippen LogP contribution in [0.5, 0.6) is 0 Å². The van der Waals surface area contributed by atoms with Gasteiger partial charge in [0.2, 0.25) is 0 Å². The molecule has 1 aromatic carbocycles. The molecule has 0 fully saturated rings. The molecule has 2 rings (SSSR count). The smallest absolute Gasteiger partial charge is 0.163 e. The lowest BCUT2D eigenvalue weighted by Gasteiger charge is -2.20. The summed E-state index contributed by atoms with van der Waals surface area (Å²) in [5.41, 5.74) is 1.35. The zero-order chi connectivity index (χ0) is 14.4. The fraction of sp³-hybridized carbons (Fsp3) is 0.267. The SMILES string of the molecule is CC(Nc1ccc(C#N)nn1)C(O)Cc1ccccc1. The quantitative estimate of drug-likeness (QED) is 0.863. The molecule has 0 spiro atoms. The Balaban J connectivity index is 1.93. The highest BCUT2D eigenvalue weighted by Crippen LogP contribution is 2.10. The lowest BCUT2D eigenvalue weighted by atomic mass is 10.0. The first-order chi connectivity index (χ1) is 9.69. The van der Waals surface area contributed by atoms with Gasteiger partial charge in [-0.3, -0.25) is 0 Å². The molecule has 2 aromatic rings. The van der Waals surface area contributed by atoms with E-state index in [1.807, 2.05) is 43.3 Å². The van der Waals surface area contributed by atoms with Gasteiger partial charge in [-0.05, 0) is 24.6 Å². The van der Waals surface area contributed by atoms with E-state index >= 15 is 0 Å². The fourth-order valence-corrected chi connectivity index (χ4v) is 1.83. The highest BCUT2D eigenvalue weighted by molar-refractivity contribution is 5.36. The number of aliphatic hydroxyl groups is 1. The molecule has 2 N–H and O–H groups in total. The number of aromatic nitrogens is 2. The van der Waals surface area contributed by atoms with E-state index in [0.29, 0.717) is 12.2 Å². The third kappa shape index (κ3) is 3.77. The van der Waals surface area contributed by atoms with E-state index in [-0.39, 0.29) is 11.7 Å². The van der Waals surface area contributed by atoms with Crippen LogP contribution in [0.2, 0.25) is 0 Å². The molecule has 20 heavy (non-hydrogen) atoms. The first-order valence-electron chi connectivity index (χ1n) is 6.41. The Morgan fingerprint density at radius 1 is 1.20 bits per heavy atom. The molecule has 5 nitrogen and oxygen atoms in total. The van der Waals surface area contributed by atoms with Crippen molar-refractivity contribution >= 4 is 5.82 Å². The van der Waals surface area contributed by atoms with E-state index in [0.717, 1.165) is 5.56 Å². The van der Waals surface area contributed by atoms with Gasteiger partial charge >= 0.3 is 0 Å². The minimum Gasteiger partial charge on any atom is -0.391 e. The van der Waals surface area contributed by atoms with Crippen molar-refractivity contribution in [3.8, 4) is 6.07 Å². The Bertz CT molecular complexity index is 577. The number of benzene rings is 1. The summed E-state index contributed by atoms with van der Waals surface area (Å²) in [5.74, 6) is 0.545. The number of rotatable bonds is 5. The Labute approximate surface area is 117 Å². The number of nitrogens with one attached hydrogen (secondary N) is 1. The molecule has 2 atom stereocenters. The number of nitriles is 1. The zero-order valence-electron chi connectivity index (χ0n) is 11.2.